The first-order chi connectivity index (χ1) is 15.2. The van der Waals surface area contributed by atoms with Gasteiger partial charge in [0.2, 0.25) is 10.0 Å². The zero-order chi connectivity index (χ0) is 25.0. The summed E-state index contributed by atoms with van der Waals surface area (Å²) in [6, 6.07) is 4.28. The van der Waals surface area contributed by atoms with Crippen LogP contribution in [0, 0.1) is 6.92 Å². The maximum Gasteiger partial charge on any atom is 0.324 e. The molecule has 0 unspecified atom stereocenters. The third-order valence-corrected chi connectivity index (χ3v) is 13.2. The van der Waals surface area contributed by atoms with E-state index in [0.29, 0.717) is 25.2 Å². The van der Waals surface area contributed by atoms with Crippen molar-refractivity contribution in [2.75, 3.05) is 20.3 Å². The number of hydrogen-bond donors (Lipinski definition) is 0. The second-order valence-electron chi connectivity index (χ2n) is 10.4. The molecule has 0 radical (unpaired) electrons. The number of sulfonamides is 1. The monoisotopic (exact) mass is 499 g/mol. The number of benzene rings is 1. The lowest BCUT2D eigenvalue weighted by molar-refractivity contribution is -0.144. The van der Waals surface area contributed by atoms with Gasteiger partial charge in [-0.2, -0.15) is 4.31 Å². The number of aryl methyl sites for hydroxylation is 1. The lowest BCUT2D eigenvalue weighted by Gasteiger charge is -2.36. The molecule has 9 heteroatoms. The fourth-order valence-electron chi connectivity index (χ4n) is 3.64. The molecule has 1 aliphatic rings. The van der Waals surface area contributed by atoms with Crippen LogP contribution >= 0.6 is 0 Å². The van der Waals surface area contributed by atoms with Crippen LogP contribution in [0.5, 0.6) is 5.75 Å². The van der Waals surface area contributed by atoms with Crippen molar-refractivity contribution in [3.05, 3.63) is 23.8 Å². The Labute approximate surface area is 201 Å². The van der Waals surface area contributed by atoms with Crippen molar-refractivity contribution in [2.45, 2.75) is 95.5 Å². The fraction of sp³-hybridized carbons (Fsp3) is 0.708. The average Bonchev–Trinajstić information content (AvgIpc) is 3.20. The summed E-state index contributed by atoms with van der Waals surface area (Å²) in [7, 11) is -4.42. The highest BCUT2D eigenvalue weighted by molar-refractivity contribution is 7.89. The summed E-state index contributed by atoms with van der Waals surface area (Å²) in [5.41, 5.74) is 0.906. The molecule has 0 amide bonds. The van der Waals surface area contributed by atoms with Crippen molar-refractivity contribution >= 4 is 24.3 Å². The third-order valence-electron chi connectivity index (χ3n) is 6.72. The fourth-order valence-corrected chi connectivity index (χ4v) is 6.47. The molecule has 7 nitrogen and oxygen atoms in total. The van der Waals surface area contributed by atoms with E-state index >= 15 is 0 Å². The van der Waals surface area contributed by atoms with Gasteiger partial charge in [-0.05, 0) is 75.4 Å². The molecule has 1 fully saturated rings. The van der Waals surface area contributed by atoms with E-state index in [-0.39, 0.29) is 22.6 Å². The average molecular weight is 500 g/mol. The van der Waals surface area contributed by atoms with Crippen molar-refractivity contribution in [1.29, 1.82) is 0 Å². The van der Waals surface area contributed by atoms with Gasteiger partial charge in [-0.25, -0.2) is 8.42 Å². The maximum atomic E-state index is 13.5. The standard InChI is InChI=1S/C24H41NO6SSi/c1-18-13-14-22(32(27,28)25-15-9-12-20(25)23(26)29-6)21(17-18)31-19(2)11-10-16-30-33(7,8)24(3,4)5/h13-14,17,19-20H,9-12,15-16H2,1-8H3/t19-,20+/m1/s1. The molecule has 1 aromatic rings. The summed E-state index contributed by atoms with van der Waals surface area (Å²) in [4.78, 5) is 12.2. The first-order valence-electron chi connectivity index (χ1n) is 11.7. The van der Waals surface area contributed by atoms with Crippen molar-refractivity contribution in [3.63, 3.8) is 0 Å². The Hall–Kier alpha value is -1.42. The van der Waals surface area contributed by atoms with Crippen molar-refractivity contribution in [2.24, 2.45) is 0 Å². The van der Waals surface area contributed by atoms with Crippen LogP contribution in [0.3, 0.4) is 0 Å². The molecule has 2 atom stereocenters. The molecule has 0 spiro atoms. The highest BCUT2D eigenvalue weighted by Gasteiger charge is 2.41. The molecule has 33 heavy (non-hydrogen) atoms. The zero-order valence-corrected chi connectivity index (χ0v) is 23.3. The number of nitrogens with zero attached hydrogens (tertiary/aromatic N) is 1. The van der Waals surface area contributed by atoms with Gasteiger partial charge in [0.25, 0.3) is 0 Å². The van der Waals surface area contributed by atoms with Crippen LogP contribution < -0.4 is 4.74 Å². The number of carbonyl (C=O) groups excluding carboxylic acids is 1. The molecular formula is C24H41NO6SSi. The van der Waals surface area contributed by atoms with Gasteiger partial charge >= 0.3 is 5.97 Å². The minimum Gasteiger partial charge on any atom is -0.489 e. The van der Waals surface area contributed by atoms with Crippen LogP contribution in [0.2, 0.25) is 18.1 Å². The Morgan fingerprint density at radius 2 is 1.94 bits per heavy atom. The first kappa shape index (κ1) is 27.8. The highest BCUT2D eigenvalue weighted by atomic mass is 32.2. The van der Waals surface area contributed by atoms with Gasteiger partial charge in [0, 0.05) is 13.2 Å². The maximum absolute atomic E-state index is 13.5. The van der Waals surface area contributed by atoms with Crippen LogP contribution in [0.25, 0.3) is 0 Å². The lowest BCUT2D eigenvalue weighted by Crippen LogP contribution is -2.41. The summed E-state index contributed by atoms with van der Waals surface area (Å²) in [5.74, 6) is -0.205. The second-order valence-corrected chi connectivity index (χ2v) is 17.1. The minimum atomic E-state index is -3.91. The van der Waals surface area contributed by atoms with Crippen molar-refractivity contribution in [1.82, 2.24) is 4.31 Å². The molecule has 1 aromatic carbocycles. The SMILES string of the molecule is COC(=O)[C@@H]1CCCN1S(=O)(=O)c1ccc(C)cc1O[C@H](C)CCCO[Si](C)(C)C(C)(C)C. The number of esters is 1. The smallest absolute Gasteiger partial charge is 0.324 e. The van der Waals surface area contributed by atoms with E-state index < -0.39 is 30.4 Å². The van der Waals surface area contributed by atoms with Crippen molar-refractivity contribution in [3.8, 4) is 5.75 Å². The van der Waals surface area contributed by atoms with E-state index in [9.17, 15) is 13.2 Å². The Morgan fingerprint density at radius 1 is 1.27 bits per heavy atom. The number of carbonyl (C=O) groups is 1. The van der Waals surface area contributed by atoms with Gasteiger partial charge in [-0.15, -0.1) is 0 Å². The topological polar surface area (TPSA) is 82.1 Å². The summed E-state index contributed by atoms with van der Waals surface area (Å²) < 4.78 is 45.4. The van der Waals surface area contributed by atoms with Gasteiger partial charge in [0.1, 0.15) is 16.7 Å². The van der Waals surface area contributed by atoms with Gasteiger partial charge < -0.3 is 13.9 Å². The quantitative estimate of drug-likeness (QED) is 0.259. The van der Waals surface area contributed by atoms with Crippen LogP contribution in [0.15, 0.2) is 23.1 Å². The van der Waals surface area contributed by atoms with E-state index in [2.05, 4.69) is 33.9 Å². The number of hydrogen-bond acceptors (Lipinski definition) is 6. The van der Waals surface area contributed by atoms with Crippen LogP contribution in [0.4, 0.5) is 0 Å². The zero-order valence-electron chi connectivity index (χ0n) is 21.4. The molecule has 1 aliphatic heterocycles. The summed E-state index contributed by atoms with van der Waals surface area (Å²) in [5, 5.41) is 0.164. The Kier molecular flexibility index (Phi) is 9.17. The largest absolute Gasteiger partial charge is 0.489 e. The van der Waals surface area contributed by atoms with Gasteiger partial charge in [-0.3, -0.25) is 4.79 Å². The predicted molar refractivity (Wildman–Crippen MR) is 133 cm³/mol. The number of rotatable bonds is 10. The summed E-state index contributed by atoms with van der Waals surface area (Å²) in [6.45, 7) is 15.9. The molecule has 0 saturated carbocycles. The summed E-state index contributed by atoms with van der Waals surface area (Å²) in [6.07, 6.45) is 2.47. The Morgan fingerprint density at radius 3 is 2.55 bits per heavy atom. The molecule has 0 N–H and O–H groups in total. The highest BCUT2D eigenvalue weighted by Crippen LogP contribution is 2.37. The summed E-state index contributed by atoms with van der Waals surface area (Å²) >= 11 is 0. The van der Waals surface area contributed by atoms with Crippen molar-refractivity contribution < 1.29 is 27.1 Å². The molecule has 188 valence electrons. The molecule has 1 saturated heterocycles. The molecular weight excluding hydrogens is 458 g/mol. The third kappa shape index (κ3) is 6.80. The van der Waals surface area contributed by atoms with E-state index in [4.69, 9.17) is 13.9 Å². The number of ether oxygens (including phenoxy) is 2. The second kappa shape index (κ2) is 10.9. The van der Waals surface area contributed by atoms with Crippen LogP contribution in [0.1, 0.15) is 58.9 Å². The predicted octanol–water partition coefficient (Wildman–Crippen LogP) is 4.89. The van der Waals surface area contributed by atoms with Gasteiger partial charge in [-0.1, -0.05) is 26.8 Å². The molecule has 0 bridgehead atoms. The van der Waals surface area contributed by atoms with Gasteiger partial charge in [0.05, 0.1) is 13.2 Å². The lowest BCUT2D eigenvalue weighted by atomic mass is 10.2. The van der Waals surface area contributed by atoms with E-state index in [0.717, 1.165) is 18.4 Å². The van der Waals surface area contributed by atoms with E-state index in [1.54, 1.807) is 18.2 Å². The van der Waals surface area contributed by atoms with Gasteiger partial charge in [0.15, 0.2) is 8.32 Å². The minimum absolute atomic E-state index is 0.0910. The van der Waals surface area contributed by atoms with Crippen LogP contribution in [-0.2, 0) is 24.0 Å². The molecule has 0 aliphatic carbocycles. The molecule has 0 aromatic heterocycles. The van der Waals surface area contributed by atoms with E-state index in [1.807, 2.05) is 13.8 Å². The number of methoxy groups -OCH3 is 1. The Bertz CT molecular complexity index is 925. The van der Waals surface area contributed by atoms with Crippen LogP contribution in [-0.4, -0.2) is 59.4 Å². The molecule has 2 rings (SSSR count). The normalized spacial score (nSPS) is 18.8. The molecule has 1 heterocycles. The first-order valence-corrected chi connectivity index (χ1v) is 16.1. The van der Waals surface area contributed by atoms with E-state index in [1.165, 1.54) is 11.4 Å². The Balaban J connectivity index is 2.11.